The third-order valence-corrected chi connectivity index (χ3v) is 2.88. The molecule has 1 aliphatic rings. The van der Waals surface area contributed by atoms with Gasteiger partial charge in [-0.05, 0) is 12.1 Å². The molecule has 0 bridgehead atoms. The Hall–Kier alpha value is -2.50. The van der Waals surface area contributed by atoms with Crippen LogP contribution < -0.4 is 4.74 Å². The lowest BCUT2D eigenvalue weighted by molar-refractivity contribution is 0.0696. The van der Waals surface area contributed by atoms with Crippen molar-refractivity contribution in [3.05, 3.63) is 42.0 Å². The highest BCUT2D eigenvalue weighted by atomic mass is 16.6. The summed E-state index contributed by atoms with van der Waals surface area (Å²) in [5, 5.41) is 8.94. The van der Waals surface area contributed by atoms with E-state index in [4.69, 9.17) is 14.6 Å². The van der Waals surface area contributed by atoms with Crippen molar-refractivity contribution in [1.29, 1.82) is 0 Å². The average molecular weight is 277 g/mol. The van der Waals surface area contributed by atoms with Crippen LogP contribution in [0.2, 0.25) is 0 Å². The van der Waals surface area contributed by atoms with E-state index in [1.54, 1.807) is 6.07 Å². The van der Waals surface area contributed by atoms with Crippen molar-refractivity contribution in [3.8, 4) is 5.75 Å². The molecule has 0 aromatic heterocycles. The fourth-order valence-electron chi connectivity index (χ4n) is 1.88. The number of ether oxygens (including phenoxy) is 2. The Morgan fingerprint density at radius 1 is 1.50 bits per heavy atom. The molecule has 0 unspecified atom stereocenters. The number of aromatic carboxylic acids is 1. The number of carbonyl (C=O) groups excluding carboxylic acids is 1. The lowest BCUT2D eigenvalue weighted by Gasteiger charge is -2.18. The zero-order chi connectivity index (χ0) is 14.5. The Balaban J connectivity index is 2.16. The van der Waals surface area contributed by atoms with Gasteiger partial charge in [0.1, 0.15) is 19.0 Å². The Kier molecular flexibility index (Phi) is 4.24. The molecule has 1 aliphatic heterocycles. The molecule has 1 aromatic carbocycles. The molecule has 1 heterocycles. The number of carboxylic acids is 1. The third kappa shape index (κ3) is 3.09. The minimum absolute atomic E-state index is 0.154. The molecule has 0 atom stereocenters. The number of hydrogen-bond donors (Lipinski definition) is 1. The lowest BCUT2D eigenvalue weighted by atomic mass is 10.1. The summed E-state index contributed by atoms with van der Waals surface area (Å²) < 4.78 is 10.5. The van der Waals surface area contributed by atoms with Gasteiger partial charge in [0.25, 0.3) is 0 Å². The monoisotopic (exact) mass is 277 g/mol. The highest BCUT2D eigenvalue weighted by Gasteiger charge is 2.21. The number of benzene rings is 1. The number of nitrogens with zero attached hydrogens (tertiary/aromatic N) is 1. The molecule has 0 spiro atoms. The second-order valence-electron chi connectivity index (χ2n) is 4.26. The topological polar surface area (TPSA) is 76.1 Å². The highest BCUT2D eigenvalue weighted by molar-refractivity contribution is 5.88. The summed E-state index contributed by atoms with van der Waals surface area (Å²) in [4.78, 5) is 24.2. The average Bonchev–Trinajstić information content (AvgIpc) is 2.65. The molecule has 1 N–H and O–H groups in total. The van der Waals surface area contributed by atoms with Crippen molar-refractivity contribution < 1.29 is 24.2 Å². The van der Waals surface area contributed by atoms with E-state index in [2.05, 4.69) is 6.58 Å². The molecule has 0 radical (unpaired) electrons. The maximum Gasteiger partial charge on any atom is 0.410 e. The van der Waals surface area contributed by atoms with Crippen LogP contribution in [0.1, 0.15) is 15.9 Å². The first-order valence-electron chi connectivity index (χ1n) is 6.13. The molecule has 6 nitrogen and oxygen atoms in total. The number of fused-ring (bicyclic) bond motifs is 1. The number of rotatable bonds is 3. The summed E-state index contributed by atoms with van der Waals surface area (Å²) in [6.07, 6.45) is 1.06. The molecule has 1 amide bonds. The van der Waals surface area contributed by atoms with E-state index in [0.29, 0.717) is 25.4 Å². The minimum Gasteiger partial charge on any atom is -0.491 e. The van der Waals surface area contributed by atoms with Gasteiger partial charge in [-0.1, -0.05) is 18.7 Å². The summed E-state index contributed by atoms with van der Waals surface area (Å²) in [6, 6.07) is 4.61. The molecule has 6 heteroatoms. The Labute approximate surface area is 116 Å². The third-order valence-electron chi connectivity index (χ3n) is 2.88. The summed E-state index contributed by atoms with van der Waals surface area (Å²) in [5.74, 6) is -0.521. The summed E-state index contributed by atoms with van der Waals surface area (Å²) in [7, 11) is 0. The van der Waals surface area contributed by atoms with Crippen LogP contribution in [0.5, 0.6) is 5.75 Å². The van der Waals surface area contributed by atoms with E-state index in [0.717, 1.165) is 5.56 Å². The Morgan fingerprint density at radius 2 is 2.30 bits per heavy atom. The number of amides is 1. The SMILES string of the molecule is C=CCOC(=O)N1CCOc2cc(C(=O)O)ccc2C1. The van der Waals surface area contributed by atoms with Gasteiger partial charge in [-0.2, -0.15) is 0 Å². The molecule has 0 fully saturated rings. The van der Waals surface area contributed by atoms with Crippen LogP contribution in [0.15, 0.2) is 30.9 Å². The molecule has 0 aliphatic carbocycles. The van der Waals surface area contributed by atoms with E-state index in [-0.39, 0.29) is 12.2 Å². The van der Waals surface area contributed by atoms with Crippen LogP contribution in [0.4, 0.5) is 4.79 Å². The van der Waals surface area contributed by atoms with E-state index in [9.17, 15) is 9.59 Å². The second-order valence-corrected chi connectivity index (χ2v) is 4.26. The van der Waals surface area contributed by atoms with Crippen molar-refractivity contribution in [2.45, 2.75) is 6.54 Å². The van der Waals surface area contributed by atoms with Crippen molar-refractivity contribution in [2.24, 2.45) is 0 Å². The fraction of sp³-hybridized carbons (Fsp3) is 0.286. The van der Waals surface area contributed by atoms with E-state index in [1.807, 2.05) is 0 Å². The maximum atomic E-state index is 11.8. The van der Waals surface area contributed by atoms with Gasteiger partial charge in [0.2, 0.25) is 0 Å². The Morgan fingerprint density at radius 3 is 3.00 bits per heavy atom. The summed E-state index contributed by atoms with van der Waals surface area (Å²) in [6.45, 7) is 4.63. The summed E-state index contributed by atoms with van der Waals surface area (Å²) >= 11 is 0. The molecule has 106 valence electrons. The van der Waals surface area contributed by atoms with Crippen LogP contribution in [0.25, 0.3) is 0 Å². The highest BCUT2D eigenvalue weighted by Crippen LogP contribution is 2.25. The molecule has 1 aromatic rings. The van der Waals surface area contributed by atoms with E-state index < -0.39 is 12.1 Å². The van der Waals surface area contributed by atoms with Gasteiger partial charge in [0.05, 0.1) is 18.7 Å². The van der Waals surface area contributed by atoms with Crippen LogP contribution in [0, 0.1) is 0 Å². The minimum atomic E-state index is -1.01. The molecule has 20 heavy (non-hydrogen) atoms. The van der Waals surface area contributed by atoms with Gasteiger partial charge in [-0.25, -0.2) is 9.59 Å². The van der Waals surface area contributed by atoms with Crippen LogP contribution in [-0.4, -0.2) is 41.8 Å². The number of hydrogen-bond acceptors (Lipinski definition) is 4. The van der Waals surface area contributed by atoms with Crippen LogP contribution in [0.3, 0.4) is 0 Å². The van der Waals surface area contributed by atoms with E-state index in [1.165, 1.54) is 23.1 Å². The standard InChI is InChI=1S/C14H15NO5/c1-2-6-20-14(18)15-5-7-19-12-8-10(13(16)17)3-4-11(12)9-15/h2-4,8H,1,5-7,9H2,(H,16,17). The number of carboxylic acid groups (broad SMARTS) is 1. The molecular formula is C14H15NO5. The molecule has 0 saturated heterocycles. The van der Waals surface area contributed by atoms with Gasteiger partial charge >= 0.3 is 12.1 Å². The first-order chi connectivity index (χ1) is 9.61. The van der Waals surface area contributed by atoms with Gasteiger partial charge in [-0.15, -0.1) is 0 Å². The van der Waals surface area contributed by atoms with Crippen molar-refractivity contribution in [3.63, 3.8) is 0 Å². The lowest BCUT2D eigenvalue weighted by Crippen LogP contribution is -2.33. The van der Waals surface area contributed by atoms with Gasteiger partial charge in [-0.3, -0.25) is 0 Å². The molecular weight excluding hydrogens is 262 g/mol. The second kappa shape index (κ2) is 6.10. The van der Waals surface area contributed by atoms with Crippen LogP contribution >= 0.6 is 0 Å². The van der Waals surface area contributed by atoms with E-state index >= 15 is 0 Å². The first kappa shape index (κ1) is 13.9. The van der Waals surface area contributed by atoms with Crippen molar-refractivity contribution in [1.82, 2.24) is 4.90 Å². The normalized spacial score (nSPS) is 13.7. The smallest absolute Gasteiger partial charge is 0.410 e. The zero-order valence-electron chi connectivity index (χ0n) is 10.9. The van der Waals surface area contributed by atoms with Crippen molar-refractivity contribution in [2.75, 3.05) is 19.8 Å². The first-order valence-corrected chi connectivity index (χ1v) is 6.13. The van der Waals surface area contributed by atoms with Gasteiger partial charge in [0, 0.05) is 5.56 Å². The maximum absolute atomic E-state index is 11.8. The Bertz CT molecular complexity index is 540. The summed E-state index contributed by atoms with van der Waals surface area (Å²) in [5.41, 5.74) is 0.912. The fourth-order valence-corrected chi connectivity index (χ4v) is 1.88. The largest absolute Gasteiger partial charge is 0.491 e. The number of carbonyl (C=O) groups is 2. The van der Waals surface area contributed by atoms with Gasteiger partial charge < -0.3 is 19.5 Å². The quantitative estimate of drug-likeness (QED) is 0.854. The zero-order valence-corrected chi connectivity index (χ0v) is 10.9. The van der Waals surface area contributed by atoms with Crippen LogP contribution in [-0.2, 0) is 11.3 Å². The van der Waals surface area contributed by atoms with Gasteiger partial charge in [0.15, 0.2) is 0 Å². The molecule has 0 saturated carbocycles. The predicted octanol–water partition coefficient (Wildman–Crippen LogP) is 1.90. The van der Waals surface area contributed by atoms with Crippen molar-refractivity contribution >= 4 is 12.1 Å². The molecule has 2 rings (SSSR count). The predicted molar refractivity (Wildman–Crippen MR) is 70.9 cm³/mol.